The number of fused-ring (bicyclic) bond motifs is 1. The number of nitrogens with zero attached hydrogens (tertiary/aromatic N) is 2. The highest BCUT2D eigenvalue weighted by Crippen LogP contribution is 2.46. The first kappa shape index (κ1) is 21.7. The molecular weight excluding hydrogens is 453 g/mol. The second-order valence-corrected chi connectivity index (χ2v) is 8.57. The molecule has 0 saturated carbocycles. The van der Waals surface area contributed by atoms with Crippen LogP contribution in [0.1, 0.15) is 52.5 Å². The number of aliphatic hydroxyl groups is 1. The average molecular weight is 471 g/mol. The third kappa shape index (κ3) is 4.28. The summed E-state index contributed by atoms with van der Waals surface area (Å²) in [5, 5.41) is 20.8. The first-order valence-electron chi connectivity index (χ1n) is 9.39. The predicted molar refractivity (Wildman–Crippen MR) is 113 cm³/mol. The molecule has 1 aliphatic rings. The molecule has 0 unspecified atom stereocenters. The van der Waals surface area contributed by atoms with Gasteiger partial charge in [-0.1, -0.05) is 29.8 Å². The molecule has 4 rings (SSSR count). The van der Waals surface area contributed by atoms with E-state index in [0.717, 1.165) is 9.56 Å². The summed E-state index contributed by atoms with van der Waals surface area (Å²) in [7, 11) is 0. The van der Waals surface area contributed by atoms with Crippen molar-refractivity contribution in [3.05, 3.63) is 62.9 Å². The molecule has 0 bridgehead atoms. The fourth-order valence-electron chi connectivity index (χ4n) is 3.48. The van der Waals surface area contributed by atoms with Gasteiger partial charge in [-0.25, -0.2) is 4.68 Å². The standard InChI is InChI=1S/C20H18ClF3N4O2S/c1-10(29)11-4-2-5-12(8-11)25-19(30)17-16(21)18-26-13(14-6-3-7-31-14)9-15(20(22,23)24)28(18)27-17/h2-8,10,13,15,26,29H,9H2,1H3,(H,25,30)/t10-,13-,15-/m0/s1. The molecule has 3 heterocycles. The van der Waals surface area contributed by atoms with E-state index in [0.29, 0.717) is 11.3 Å². The second-order valence-electron chi connectivity index (χ2n) is 7.22. The van der Waals surface area contributed by atoms with Gasteiger partial charge in [-0.3, -0.25) is 4.79 Å². The number of halogens is 4. The summed E-state index contributed by atoms with van der Waals surface area (Å²) in [6, 6.07) is 7.47. The van der Waals surface area contributed by atoms with Gasteiger partial charge in [0.15, 0.2) is 11.7 Å². The Bertz CT molecular complexity index is 1100. The van der Waals surface area contributed by atoms with Crippen LogP contribution in [0.2, 0.25) is 5.02 Å². The van der Waals surface area contributed by atoms with Gasteiger partial charge in [0.1, 0.15) is 10.8 Å². The molecule has 3 atom stereocenters. The summed E-state index contributed by atoms with van der Waals surface area (Å²) in [4.78, 5) is 13.5. The van der Waals surface area contributed by atoms with Crippen LogP contribution < -0.4 is 10.6 Å². The number of aliphatic hydroxyl groups excluding tert-OH is 1. The first-order chi connectivity index (χ1) is 14.6. The molecule has 2 aromatic heterocycles. The number of carbonyl (C=O) groups is 1. The van der Waals surface area contributed by atoms with Crippen molar-refractivity contribution >= 4 is 40.4 Å². The third-order valence-corrected chi connectivity index (χ3v) is 6.37. The molecular formula is C20H18ClF3N4O2S. The van der Waals surface area contributed by atoms with Crippen molar-refractivity contribution in [3.8, 4) is 0 Å². The Labute approximate surface area is 184 Å². The zero-order chi connectivity index (χ0) is 22.3. The van der Waals surface area contributed by atoms with E-state index in [1.165, 1.54) is 11.3 Å². The molecule has 0 saturated heterocycles. The molecule has 11 heteroatoms. The summed E-state index contributed by atoms with van der Waals surface area (Å²) < 4.78 is 42.1. The minimum atomic E-state index is -4.57. The highest BCUT2D eigenvalue weighted by Gasteiger charge is 2.48. The fourth-order valence-corrected chi connectivity index (χ4v) is 4.53. The molecule has 0 fully saturated rings. The lowest BCUT2D eigenvalue weighted by atomic mass is 10.0. The van der Waals surface area contributed by atoms with E-state index in [9.17, 15) is 23.1 Å². The fraction of sp³-hybridized carbons (Fsp3) is 0.300. The van der Waals surface area contributed by atoms with Crippen molar-refractivity contribution in [3.63, 3.8) is 0 Å². The molecule has 1 amide bonds. The molecule has 3 N–H and O–H groups in total. The SMILES string of the molecule is C[C@H](O)c1cccc(NC(=O)c2nn3c(c2Cl)N[C@H](c2cccs2)C[C@H]3C(F)(F)F)c1. The van der Waals surface area contributed by atoms with Crippen molar-refractivity contribution in [2.24, 2.45) is 0 Å². The van der Waals surface area contributed by atoms with E-state index in [-0.39, 0.29) is 23.0 Å². The molecule has 1 aromatic carbocycles. The van der Waals surface area contributed by atoms with Crippen molar-refractivity contribution in [1.29, 1.82) is 0 Å². The maximum atomic E-state index is 13.8. The van der Waals surface area contributed by atoms with Crippen LogP contribution >= 0.6 is 22.9 Å². The van der Waals surface area contributed by atoms with Gasteiger partial charge in [0.05, 0.1) is 12.1 Å². The van der Waals surface area contributed by atoms with Crippen molar-refractivity contribution in [2.75, 3.05) is 10.6 Å². The Morgan fingerprint density at radius 2 is 2.16 bits per heavy atom. The molecule has 0 aliphatic carbocycles. The van der Waals surface area contributed by atoms with Crippen molar-refractivity contribution in [2.45, 2.75) is 37.7 Å². The van der Waals surface area contributed by atoms with Crippen LogP contribution in [0.3, 0.4) is 0 Å². The van der Waals surface area contributed by atoms with Crippen LogP contribution in [-0.2, 0) is 0 Å². The minimum Gasteiger partial charge on any atom is -0.389 e. The lowest BCUT2D eigenvalue weighted by Gasteiger charge is -2.32. The van der Waals surface area contributed by atoms with Crippen LogP contribution in [-0.4, -0.2) is 27.0 Å². The summed E-state index contributed by atoms with van der Waals surface area (Å²) in [6.45, 7) is 1.58. The van der Waals surface area contributed by atoms with Crippen molar-refractivity contribution < 1.29 is 23.1 Å². The van der Waals surface area contributed by atoms with Crippen LogP contribution in [0.25, 0.3) is 0 Å². The van der Waals surface area contributed by atoms with Gasteiger partial charge >= 0.3 is 6.18 Å². The summed E-state index contributed by atoms with van der Waals surface area (Å²) >= 11 is 7.66. The van der Waals surface area contributed by atoms with Crippen LogP contribution in [0, 0.1) is 0 Å². The Hall–Kier alpha value is -2.56. The van der Waals surface area contributed by atoms with Crippen LogP contribution in [0.5, 0.6) is 0 Å². The Morgan fingerprint density at radius 3 is 2.81 bits per heavy atom. The zero-order valence-corrected chi connectivity index (χ0v) is 17.7. The number of anilines is 2. The maximum absolute atomic E-state index is 13.8. The number of rotatable bonds is 4. The van der Waals surface area contributed by atoms with Gasteiger partial charge in [0.2, 0.25) is 0 Å². The molecule has 31 heavy (non-hydrogen) atoms. The summed E-state index contributed by atoms with van der Waals surface area (Å²) in [5.41, 5.74) is 0.626. The number of aromatic nitrogens is 2. The lowest BCUT2D eigenvalue weighted by molar-refractivity contribution is -0.173. The number of hydrogen-bond donors (Lipinski definition) is 3. The summed E-state index contributed by atoms with van der Waals surface area (Å²) in [6.07, 6.45) is -5.58. The average Bonchev–Trinajstić information content (AvgIpc) is 3.35. The zero-order valence-electron chi connectivity index (χ0n) is 16.2. The monoisotopic (exact) mass is 470 g/mol. The molecule has 1 aliphatic heterocycles. The van der Waals surface area contributed by atoms with Gasteiger partial charge in [-0.2, -0.15) is 18.3 Å². The summed E-state index contributed by atoms with van der Waals surface area (Å²) in [5.74, 6) is -0.790. The quantitative estimate of drug-likeness (QED) is 0.466. The lowest BCUT2D eigenvalue weighted by Crippen LogP contribution is -2.35. The number of carbonyl (C=O) groups excluding carboxylic acids is 1. The number of nitrogens with one attached hydrogen (secondary N) is 2. The number of benzene rings is 1. The van der Waals surface area contributed by atoms with Gasteiger partial charge in [-0.15, -0.1) is 11.3 Å². The largest absolute Gasteiger partial charge is 0.410 e. The van der Waals surface area contributed by atoms with E-state index >= 15 is 0 Å². The van der Waals surface area contributed by atoms with E-state index in [2.05, 4.69) is 15.7 Å². The maximum Gasteiger partial charge on any atom is 0.410 e. The molecule has 6 nitrogen and oxygen atoms in total. The van der Waals surface area contributed by atoms with Crippen LogP contribution in [0.15, 0.2) is 41.8 Å². The number of thiophene rings is 1. The Kier molecular flexibility index (Phi) is 5.71. The number of hydrogen-bond acceptors (Lipinski definition) is 5. The normalized spacial score (nSPS) is 19.4. The van der Waals surface area contributed by atoms with Crippen LogP contribution in [0.4, 0.5) is 24.7 Å². The highest BCUT2D eigenvalue weighted by atomic mass is 35.5. The Morgan fingerprint density at radius 1 is 1.39 bits per heavy atom. The molecule has 3 aromatic rings. The predicted octanol–water partition coefficient (Wildman–Crippen LogP) is 5.56. The number of alkyl halides is 3. The van der Waals surface area contributed by atoms with Crippen molar-refractivity contribution in [1.82, 2.24) is 9.78 Å². The topological polar surface area (TPSA) is 79.2 Å². The number of amides is 1. The second kappa shape index (κ2) is 8.18. The van der Waals surface area contributed by atoms with E-state index in [4.69, 9.17) is 11.6 Å². The smallest absolute Gasteiger partial charge is 0.389 e. The van der Waals surface area contributed by atoms with Gasteiger partial charge in [-0.05, 0) is 36.1 Å². The van der Waals surface area contributed by atoms with E-state index < -0.39 is 30.3 Å². The third-order valence-electron chi connectivity index (χ3n) is 5.02. The molecule has 0 spiro atoms. The first-order valence-corrected chi connectivity index (χ1v) is 10.6. The highest BCUT2D eigenvalue weighted by molar-refractivity contribution is 7.10. The van der Waals surface area contributed by atoms with Gasteiger partial charge in [0.25, 0.3) is 5.91 Å². The molecule has 0 radical (unpaired) electrons. The minimum absolute atomic E-state index is 0.0449. The molecule has 164 valence electrons. The van der Waals surface area contributed by atoms with Gasteiger partial charge < -0.3 is 15.7 Å². The Balaban J connectivity index is 1.67. The van der Waals surface area contributed by atoms with Gasteiger partial charge in [0, 0.05) is 17.0 Å². The van der Waals surface area contributed by atoms with E-state index in [1.54, 1.807) is 48.7 Å². The van der Waals surface area contributed by atoms with E-state index in [1.807, 2.05) is 0 Å².